The van der Waals surface area contributed by atoms with Crippen LogP contribution in [-0.2, 0) is 4.74 Å². The molecule has 1 spiro atoms. The van der Waals surface area contributed by atoms with Crippen LogP contribution >= 0.6 is 0 Å². The summed E-state index contributed by atoms with van der Waals surface area (Å²) in [7, 11) is 0. The van der Waals surface area contributed by atoms with Crippen LogP contribution in [0.2, 0.25) is 0 Å². The molecule has 0 aromatic rings. The zero-order valence-electron chi connectivity index (χ0n) is 8.25. The molecule has 2 rings (SSSR count). The van der Waals surface area contributed by atoms with Gasteiger partial charge in [-0.05, 0) is 25.7 Å². The highest BCUT2D eigenvalue weighted by atomic mass is 16.5. The lowest BCUT2D eigenvalue weighted by Gasteiger charge is -2.39. The third-order valence-electron chi connectivity index (χ3n) is 3.45. The molecule has 3 heteroatoms. The SMILES string of the molecule is CCC1CCCCC12CN=C(N)O2. The van der Waals surface area contributed by atoms with Crippen LogP contribution in [0.1, 0.15) is 39.0 Å². The minimum absolute atomic E-state index is 0.0168. The van der Waals surface area contributed by atoms with Gasteiger partial charge < -0.3 is 10.5 Å². The van der Waals surface area contributed by atoms with Gasteiger partial charge in [-0.25, -0.2) is 4.99 Å². The molecule has 0 amide bonds. The van der Waals surface area contributed by atoms with E-state index in [1.54, 1.807) is 0 Å². The predicted molar refractivity (Wildman–Crippen MR) is 52.6 cm³/mol. The molecule has 2 N–H and O–H groups in total. The molecule has 13 heavy (non-hydrogen) atoms. The molecule has 1 aliphatic carbocycles. The van der Waals surface area contributed by atoms with E-state index in [1.165, 1.54) is 25.7 Å². The van der Waals surface area contributed by atoms with Crippen LogP contribution in [0.25, 0.3) is 0 Å². The molecule has 2 aliphatic rings. The number of rotatable bonds is 1. The van der Waals surface area contributed by atoms with Crippen LogP contribution in [0, 0.1) is 5.92 Å². The van der Waals surface area contributed by atoms with Crippen molar-refractivity contribution in [2.45, 2.75) is 44.6 Å². The number of aliphatic imine (C=N–C) groups is 1. The molecule has 1 heterocycles. The second kappa shape index (κ2) is 3.20. The summed E-state index contributed by atoms with van der Waals surface area (Å²) >= 11 is 0. The Kier molecular flexibility index (Phi) is 2.18. The number of nitrogens with zero attached hydrogens (tertiary/aromatic N) is 1. The van der Waals surface area contributed by atoms with Crippen molar-refractivity contribution in [2.75, 3.05) is 6.54 Å². The fourth-order valence-corrected chi connectivity index (χ4v) is 2.69. The smallest absolute Gasteiger partial charge is 0.282 e. The molecule has 0 aromatic heterocycles. The molecule has 3 nitrogen and oxygen atoms in total. The maximum Gasteiger partial charge on any atom is 0.282 e. The van der Waals surface area contributed by atoms with Crippen molar-refractivity contribution in [3.63, 3.8) is 0 Å². The standard InChI is InChI=1S/C10H18N2O/c1-2-8-5-3-4-6-10(8)7-12-9(11)13-10/h8H,2-7H2,1H3,(H2,11,12). The normalized spacial score (nSPS) is 38.8. The van der Waals surface area contributed by atoms with E-state index in [1.807, 2.05) is 0 Å². The first-order valence-electron chi connectivity index (χ1n) is 5.26. The molecule has 1 fully saturated rings. The summed E-state index contributed by atoms with van der Waals surface area (Å²) in [6.45, 7) is 3.02. The number of amidine groups is 1. The lowest BCUT2D eigenvalue weighted by atomic mass is 9.74. The Morgan fingerprint density at radius 3 is 3.08 bits per heavy atom. The molecule has 0 aromatic carbocycles. The molecule has 1 aliphatic heterocycles. The Bertz CT molecular complexity index is 227. The topological polar surface area (TPSA) is 47.6 Å². The highest BCUT2D eigenvalue weighted by Crippen LogP contribution is 2.40. The maximum atomic E-state index is 5.72. The van der Waals surface area contributed by atoms with Crippen LogP contribution in [0.4, 0.5) is 0 Å². The van der Waals surface area contributed by atoms with Crippen molar-refractivity contribution in [1.82, 2.24) is 0 Å². The second-order valence-electron chi connectivity index (χ2n) is 4.17. The predicted octanol–water partition coefficient (Wildman–Crippen LogP) is 1.67. The zero-order valence-corrected chi connectivity index (χ0v) is 8.25. The molecule has 2 atom stereocenters. The average molecular weight is 182 g/mol. The van der Waals surface area contributed by atoms with Gasteiger partial charge in [-0.15, -0.1) is 0 Å². The van der Waals surface area contributed by atoms with Gasteiger partial charge in [0.05, 0.1) is 6.54 Å². The highest BCUT2D eigenvalue weighted by molar-refractivity contribution is 5.73. The van der Waals surface area contributed by atoms with Gasteiger partial charge in [-0.3, -0.25) is 0 Å². The average Bonchev–Trinajstić information content (AvgIpc) is 2.49. The van der Waals surface area contributed by atoms with Gasteiger partial charge in [0.2, 0.25) is 0 Å². The van der Waals surface area contributed by atoms with Gasteiger partial charge in [-0.2, -0.15) is 0 Å². The van der Waals surface area contributed by atoms with Crippen LogP contribution < -0.4 is 5.73 Å². The van der Waals surface area contributed by atoms with Crippen molar-refractivity contribution in [2.24, 2.45) is 16.6 Å². The van der Waals surface area contributed by atoms with E-state index in [2.05, 4.69) is 11.9 Å². The van der Waals surface area contributed by atoms with Gasteiger partial charge in [-0.1, -0.05) is 13.3 Å². The molecule has 74 valence electrons. The minimum Gasteiger partial charge on any atom is -0.457 e. The first-order valence-corrected chi connectivity index (χ1v) is 5.26. The maximum absolute atomic E-state index is 5.72. The minimum atomic E-state index is -0.0168. The summed E-state index contributed by atoms with van der Waals surface area (Å²) in [5.41, 5.74) is 5.57. The largest absolute Gasteiger partial charge is 0.457 e. The molecule has 2 unspecified atom stereocenters. The highest BCUT2D eigenvalue weighted by Gasteiger charge is 2.45. The lowest BCUT2D eigenvalue weighted by Crippen LogP contribution is -2.44. The summed E-state index contributed by atoms with van der Waals surface area (Å²) in [4.78, 5) is 4.18. The van der Waals surface area contributed by atoms with E-state index < -0.39 is 0 Å². The Balaban J connectivity index is 2.10. The molecule has 0 saturated heterocycles. The van der Waals surface area contributed by atoms with Crippen molar-refractivity contribution < 1.29 is 4.74 Å². The van der Waals surface area contributed by atoms with Crippen molar-refractivity contribution >= 4 is 6.02 Å². The Morgan fingerprint density at radius 2 is 2.46 bits per heavy atom. The molecular weight excluding hydrogens is 164 g/mol. The van der Waals surface area contributed by atoms with Crippen molar-refractivity contribution in [3.05, 3.63) is 0 Å². The van der Waals surface area contributed by atoms with E-state index >= 15 is 0 Å². The van der Waals surface area contributed by atoms with Gasteiger partial charge in [0.1, 0.15) is 5.60 Å². The quantitative estimate of drug-likeness (QED) is 0.670. The van der Waals surface area contributed by atoms with E-state index in [9.17, 15) is 0 Å². The van der Waals surface area contributed by atoms with E-state index in [4.69, 9.17) is 10.5 Å². The van der Waals surface area contributed by atoms with Gasteiger partial charge in [0.15, 0.2) is 0 Å². The Hall–Kier alpha value is -0.730. The summed E-state index contributed by atoms with van der Waals surface area (Å²) in [6.07, 6.45) is 6.20. The molecule has 1 saturated carbocycles. The first kappa shape index (κ1) is 8.85. The van der Waals surface area contributed by atoms with E-state index in [-0.39, 0.29) is 5.60 Å². The van der Waals surface area contributed by atoms with E-state index in [0.29, 0.717) is 11.9 Å². The second-order valence-corrected chi connectivity index (χ2v) is 4.17. The summed E-state index contributed by atoms with van der Waals surface area (Å²) < 4.78 is 5.72. The monoisotopic (exact) mass is 182 g/mol. The third kappa shape index (κ3) is 1.40. The van der Waals surface area contributed by atoms with Crippen molar-refractivity contribution in [1.29, 1.82) is 0 Å². The zero-order chi connectivity index (χ0) is 9.31. The number of nitrogens with two attached hydrogens (primary N) is 1. The van der Waals surface area contributed by atoms with Gasteiger partial charge >= 0.3 is 0 Å². The number of ether oxygens (including phenoxy) is 1. The molecular formula is C10H18N2O. The fourth-order valence-electron chi connectivity index (χ4n) is 2.69. The summed E-state index contributed by atoms with van der Waals surface area (Å²) in [6, 6.07) is 0.403. The number of hydrogen-bond acceptors (Lipinski definition) is 3. The van der Waals surface area contributed by atoms with Crippen LogP contribution in [0.5, 0.6) is 0 Å². The molecule has 0 bridgehead atoms. The van der Waals surface area contributed by atoms with Gasteiger partial charge in [0.25, 0.3) is 6.02 Å². The third-order valence-corrected chi connectivity index (χ3v) is 3.45. The molecule has 0 radical (unpaired) electrons. The number of hydrogen-bond donors (Lipinski definition) is 1. The Labute approximate surface area is 79.4 Å². The van der Waals surface area contributed by atoms with Crippen molar-refractivity contribution in [3.8, 4) is 0 Å². The Morgan fingerprint density at radius 1 is 1.62 bits per heavy atom. The van der Waals surface area contributed by atoms with Crippen LogP contribution in [0.3, 0.4) is 0 Å². The van der Waals surface area contributed by atoms with E-state index in [0.717, 1.165) is 13.0 Å². The van der Waals surface area contributed by atoms with Crippen LogP contribution in [-0.4, -0.2) is 18.2 Å². The summed E-state index contributed by atoms with van der Waals surface area (Å²) in [5, 5.41) is 0. The lowest BCUT2D eigenvalue weighted by molar-refractivity contribution is -0.0126. The fraction of sp³-hybridized carbons (Fsp3) is 0.900. The van der Waals surface area contributed by atoms with Gasteiger partial charge in [0, 0.05) is 5.92 Å². The van der Waals surface area contributed by atoms with Crippen LogP contribution in [0.15, 0.2) is 4.99 Å². The summed E-state index contributed by atoms with van der Waals surface area (Å²) in [5.74, 6) is 0.658. The first-order chi connectivity index (χ1) is 6.27.